The molecule has 1 aromatic heterocycles. The van der Waals surface area contributed by atoms with E-state index in [2.05, 4.69) is 10.3 Å². The zero-order chi connectivity index (χ0) is 15.5. The van der Waals surface area contributed by atoms with Crippen LogP contribution in [0.1, 0.15) is 11.1 Å². The topological polar surface area (TPSA) is 111 Å². The van der Waals surface area contributed by atoms with Crippen molar-refractivity contribution in [1.29, 1.82) is 0 Å². The van der Waals surface area contributed by atoms with Gasteiger partial charge in [0, 0.05) is 11.8 Å². The van der Waals surface area contributed by atoms with E-state index in [1.165, 1.54) is 12.1 Å². The molecule has 0 saturated carbocycles. The van der Waals surface area contributed by atoms with Crippen LogP contribution in [0.2, 0.25) is 0 Å². The highest BCUT2D eigenvalue weighted by Gasteiger charge is 2.16. The largest absolute Gasteiger partial charge is 0.409 e. The van der Waals surface area contributed by atoms with Crippen molar-refractivity contribution in [2.45, 2.75) is 18.4 Å². The summed E-state index contributed by atoms with van der Waals surface area (Å²) in [5.41, 5.74) is 6.79. The molecule has 1 aromatic carbocycles. The van der Waals surface area contributed by atoms with Gasteiger partial charge in [0.15, 0.2) is 15.7 Å². The molecule has 112 valence electrons. The first-order chi connectivity index (χ1) is 9.92. The lowest BCUT2D eigenvalue weighted by molar-refractivity contribution is 0.318. The zero-order valence-electron chi connectivity index (χ0n) is 11.5. The zero-order valence-corrected chi connectivity index (χ0v) is 12.3. The lowest BCUT2D eigenvalue weighted by atomic mass is 10.2. The maximum atomic E-state index is 12.3. The van der Waals surface area contributed by atoms with Gasteiger partial charge in [-0.1, -0.05) is 17.3 Å². The number of nitrogens with zero attached hydrogens (tertiary/aromatic N) is 3. The molecule has 21 heavy (non-hydrogen) atoms. The van der Waals surface area contributed by atoms with Gasteiger partial charge in [-0.3, -0.25) is 4.68 Å². The van der Waals surface area contributed by atoms with Crippen molar-refractivity contribution >= 4 is 15.7 Å². The molecule has 0 unspecified atom stereocenters. The second kappa shape index (κ2) is 5.96. The highest BCUT2D eigenvalue weighted by Crippen LogP contribution is 2.14. The molecular formula is C13H16N4O3S. The van der Waals surface area contributed by atoms with Crippen LogP contribution in [0, 0.1) is 6.92 Å². The molecule has 2 rings (SSSR count). The van der Waals surface area contributed by atoms with Crippen LogP contribution >= 0.6 is 0 Å². The quantitative estimate of drug-likeness (QED) is 0.367. The van der Waals surface area contributed by atoms with Crippen LogP contribution in [0.15, 0.2) is 46.7 Å². The Morgan fingerprint density at radius 1 is 1.48 bits per heavy atom. The van der Waals surface area contributed by atoms with E-state index < -0.39 is 9.84 Å². The minimum absolute atomic E-state index is 0.0756. The Hall–Kier alpha value is -2.35. The molecule has 2 aromatic rings. The van der Waals surface area contributed by atoms with E-state index >= 15 is 0 Å². The van der Waals surface area contributed by atoms with Gasteiger partial charge in [0.25, 0.3) is 0 Å². The van der Waals surface area contributed by atoms with E-state index in [1.807, 2.05) is 6.92 Å². The second-order valence-electron chi connectivity index (χ2n) is 4.61. The molecule has 3 N–H and O–H groups in total. The summed E-state index contributed by atoms with van der Waals surface area (Å²) in [5, 5.41) is 15.6. The van der Waals surface area contributed by atoms with Crippen molar-refractivity contribution in [1.82, 2.24) is 9.78 Å². The number of benzene rings is 1. The molecule has 0 saturated heterocycles. The van der Waals surface area contributed by atoms with Crippen molar-refractivity contribution in [3.05, 3.63) is 47.8 Å². The number of hydrogen-bond donors (Lipinski definition) is 2. The fourth-order valence-corrected chi connectivity index (χ4v) is 3.08. The molecule has 0 fully saturated rings. The molecular weight excluding hydrogens is 292 g/mol. The normalized spacial score (nSPS) is 12.5. The minimum atomic E-state index is -3.47. The third-order valence-electron chi connectivity index (χ3n) is 2.95. The van der Waals surface area contributed by atoms with Crippen molar-refractivity contribution in [3.63, 3.8) is 0 Å². The molecule has 8 heteroatoms. The maximum Gasteiger partial charge on any atom is 0.180 e. The Morgan fingerprint density at radius 3 is 2.86 bits per heavy atom. The number of oxime groups is 1. The molecule has 0 atom stereocenters. The first-order valence-electron chi connectivity index (χ1n) is 6.22. The molecule has 0 aliphatic carbocycles. The Bertz CT molecular complexity index is 765. The van der Waals surface area contributed by atoms with Crippen LogP contribution in [0.4, 0.5) is 0 Å². The van der Waals surface area contributed by atoms with Gasteiger partial charge in [0.05, 0.1) is 23.4 Å². The number of aromatic nitrogens is 2. The van der Waals surface area contributed by atoms with Gasteiger partial charge in [-0.05, 0) is 24.6 Å². The molecule has 0 radical (unpaired) electrons. The average Bonchev–Trinajstić information content (AvgIpc) is 2.90. The number of hydrogen-bond acceptors (Lipinski definition) is 5. The van der Waals surface area contributed by atoms with Gasteiger partial charge in [-0.15, -0.1) is 0 Å². The third kappa shape index (κ3) is 3.60. The highest BCUT2D eigenvalue weighted by atomic mass is 32.2. The lowest BCUT2D eigenvalue weighted by Crippen LogP contribution is -2.16. The second-order valence-corrected chi connectivity index (χ2v) is 6.72. The predicted molar refractivity (Wildman–Crippen MR) is 78.0 cm³/mol. The summed E-state index contributed by atoms with van der Waals surface area (Å²) < 4.78 is 26.2. The molecule has 0 aliphatic rings. The molecule has 1 heterocycles. The van der Waals surface area contributed by atoms with Crippen LogP contribution in [0.3, 0.4) is 0 Å². The van der Waals surface area contributed by atoms with Gasteiger partial charge in [-0.2, -0.15) is 5.10 Å². The molecule has 0 amide bonds. The number of aryl methyl sites for hydroxylation is 2. The van der Waals surface area contributed by atoms with Crippen molar-refractivity contribution in [2.75, 3.05) is 5.75 Å². The van der Waals surface area contributed by atoms with E-state index in [0.717, 1.165) is 5.56 Å². The van der Waals surface area contributed by atoms with E-state index in [9.17, 15) is 8.42 Å². The summed E-state index contributed by atoms with van der Waals surface area (Å²) in [7, 11) is -3.47. The summed E-state index contributed by atoms with van der Waals surface area (Å²) >= 11 is 0. The first-order valence-corrected chi connectivity index (χ1v) is 7.87. The summed E-state index contributed by atoms with van der Waals surface area (Å²) in [6.45, 7) is 2.16. The molecule has 0 bridgehead atoms. The van der Waals surface area contributed by atoms with E-state index in [-0.39, 0.29) is 23.0 Å². The van der Waals surface area contributed by atoms with Gasteiger partial charge < -0.3 is 10.9 Å². The van der Waals surface area contributed by atoms with Gasteiger partial charge in [0.1, 0.15) is 0 Å². The van der Waals surface area contributed by atoms with Crippen LogP contribution < -0.4 is 5.73 Å². The van der Waals surface area contributed by atoms with Crippen LogP contribution in [-0.2, 0) is 16.4 Å². The fourth-order valence-electron chi connectivity index (χ4n) is 1.83. The molecule has 7 nitrogen and oxygen atoms in total. The third-order valence-corrected chi connectivity index (χ3v) is 4.64. The van der Waals surface area contributed by atoms with Crippen molar-refractivity contribution in [2.24, 2.45) is 10.9 Å². The summed E-state index contributed by atoms with van der Waals surface area (Å²) in [4.78, 5) is 0.135. The van der Waals surface area contributed by atoms with Crippen LogP contribution in [0.25, 0.3) is 0 Å². The lowest BCUT2D eigenvalue weighted by Gasteiger charge is -2.06. The maximum absolute atomic E-state index is 12.3. The smallest absolute Gasteiger partial charge is 0.180 e. The first kappa shape index (κ1) is 15.0. The summed E-state index contributed by atoms with van der Waals surface area (Å²) in [6.07, 6.45) is 3.45. The minimum Gasteiger partial charge on any atom is -0.409 e. The van der Waals surface area contributed by atoms with Gasteiger partial charge in [-0.25, -0.2) is 8.42 Å². The number of rotatable bonds is 5. The SMILES string of the molecule is Cc1cnn(CCS(=O)(=O)c2cccc(/C(N)=N/O)c2)c1. The number of amidine groups is 1. The number of nitrogens with two attached hydrogens (primary N) is 1. The van der Waals surface area contributed by atoms with Crippen LogP contribution in [0.5, 0.6) is 0 Å². The number of sulfone groups is 1. The fraction of sp³-hybridized carbons (Fsp3) is 0.231. The monoisotopic (exact) mass is 308 g/mol. The van der Waals surface area contributed by atoms with Crippen molar-refractivity contribution < 1.29 is 13.6 Å². The molecule has 0 aliphatic heterocycles. The van der Waals surface area contributed by atoms with Gasteiger partial charge >= 0.3 is 0 Å². The Balaban J connectivity index is 2.19. The average molecular weight is 308 g/mol. The predicted octanol–water partition coefficient (Wildman–Crippen LogP) is 0.760. The van der Waals surface area contributed by atoms with E-state index in [1.54, 1.807) is 29.2 Å². The molecule has 0 spiro atoms. The van der Waals surface area contributed by atoms with Crippen LogP contribution in [-0.4, -0.2) is 35.0 Å². The Morgan fingerprint density at radius 2 is 2.24 bits per heavy atom. The van der Waals surface area contributed by atoms with Gasteiger partial charge in [0.2, 0.25) is 0 Å². The van der Waals surface area contributed by atoms with E-state index in [4.69, 9.17) is 10.9 Å². The highest BCUT2D eigenvalue weighted by molar-refractivity contribution is 7.91. The standard InChI is InChI=1S/C13H16N4O3S/c1-10-8-15-17(9-10)5-6-21(19,20)12-4-2-3-11(7-12)13(14)16-18/h2-4,7-9,18H,5-6H2,1H3,(H2,14,16). The summed E-state index contributed by atoms with van der Waals surface area (Å²) in [5.74, 6) is -0.206. The van der Waals surface area contributed by atoms with E-state index in [0.29, 0.717) is 5.56 Å². The summed E-state index contributed by atoms with van der Waals surface area (Å²) in [6, 6.07) is 6.00. The Labute approximate surface area is 122 Å². The Kier molecular flexibility index (Phi) is 4.27. The van der Waals surface area contributed by atoms with Crippen molar-refractivity contribution in [3.8, 4) is 0 Å².